The number of β-amino-alcohol motifs (C(OH)–C–C–N with tert-alkyl or cyclic N) is 1. The minimum absolute atomic E-state index is 0.0327. The third-order valence-corrected chi connectivity index (χ3v) is 4.19. The van der Waals surface area contributed by atoms with Crippen LogP contribution < -0.4 is 0 Å². The van der Waals surface area contributed by atoms with E-state index in [1.54, 1.807) is 0 Å². The van der Waals surface area contributed by atoms with Crippen LogP contribution >= 0.6 is 0 Å². The Balaban J connectivity index is 1.78. The first-order valence-electron chi connectivity index (χ1n) is 7.19. The summed E-state index contributed by atoms with van der Waals surface area (Å²) in [5, 5.41) is 10.1. The van der Waals surface area contributed by atoms with Crippen molar-refractivity contribution in [3.63, 3.8) is 0 Å². The molecule has 1 N–H and O–H groups in total. The van der Waals surface area contributed by atoms with E-state index in [2.05, 4.69) is 30.6 Å². The molecule has 0 aliphatic carbocycles. The molecule has 110 valence electrons. The summed E-state index contributed by atoms with van der Waals surface area (Å²) < 4.78 is 5.02. The maximum atomic E-state index is 11.5. The maximum Gasteiger partial charge on any atom is 0.323 e. The molecule has 2 heterocycles. The highest BCUT2D eigenvalue weighted by Crippen LogP contribution is 2.21. The molecule has 5 heteroatoms. The Hall–Kier alpha value is -0.650. The van der Waals surface area contributed by atoms with Gasteiger partial charge in [0.05, 0.1) is 12.7 Å². The molecule has 2 atom stereocenters. The Morgan fingerprint density at radius 3 is 2.42 bits per heavy atom. The molecule has 0 amide bonds. The van der Waals surface area contributed by atoms with E-state index in [-0.39, 0.29) is 23.5 Å². The first kappa shape index (κ1) is 14.8. The van der Waals surface area contributed by atoms with Crippen molar-refractivity contribution in [1.82, 2.24) is 9.80 Å². The Kier molecular flexibility index (Phi) is 4.48. The monoisotopic (exact) mass is 270 g/mol. The predicted molar refractivity (Wildman–Crippen MR) is 72.8 cm³/mol. The Morgan fingerprint density at radius 1 is 1.32 bits per heavy atom. The number of hydrogen-bond donors (Lipinski definition) is 1. The molecule has 0 aromatic carbocycles. The first-order valence-corrected chi connectivity index (χ1v) is 7.19. The van der Waals surface area contributed by atoms with Crippen LogP contribution in [-0.2, 0) is 9.53 Å². The van der Waals surface area contributed by atoms with Crippen molar-refractivity contribution in [1.29, 1.82) is 0 Å². The van der Waals surface area contributed by atoms with E-state index in [0.29, 0.717) is 13.2 Å². The van der Waals surface area contributed by atoms with Gasteiger partial charge in [0, 0.05) is 39.1 Å². The van der Waals surface area contributed by atoms with Gasteiger partial charge in [-0.3, -0.25) is 14.6 Å². The first-order chi connectivity index (χ1) is 8.88. The zero-order valence-electron chi connectivity index (χ0n) is 12.3. The lowest BCUT2D eigenvalue weighted by molar-refractivity contribution is -0.143. The fraction of sp³-hybridized carbons (Fsp3) is 0.929. The van der Waals surface area contributed by atoms with Gasteiger partial charge in [0.2, 0.25) is 0 Å². The number of cyclic esters (lactones) is 1. The lowest BCUT2D eigenvalue weighted by Crippen LogP contribution is -2.53. The van der Waals surface area contributed by atoms with E-state index in [4.69, 9.17) is 4.74 Å². The summed E-state index contributed by atoms with van der Waals surface area (Å²) in [6.07, 6.45) is 0.513. The highest BCUT2D eigenvalue weighted by Gasteiger charge is 2.34. The Bertz CT molecular complexity index is 319. The normalized spacial score (nSPS) is 28.4. The van der Waals surface area contributed by atoms with Crippen molar-refractivity contribution in [2.45, 2.75) is 39.3 Å². The van der Waals surface area contributed by atoms with Crippen LogP contribution in [0, 0.1) is 5.41 Å². The van der Waals surface area contributed by atoms with E-state index < -0.39 is 0 Å². The number of carbonyl (C=O) groups is 1. The average molecular weight is 270 g/mol. The third kappa shape index (κ3) is 3.68. The van der Waals surface area contributed by atoms with Gasteiger partial charge in [-0.05, 0) is 5.41 Å². The highest BCUT2D eigenvalue weighted by molar-refractivity contribution is 5.77. The maximum absolute atomic E-state index is 11.5. The van der Waals surface area contributed by atoms with Crippen molar-refractivity contribution < 1.29 is 14.6 Å². The largest absolute Gasteiger partial charge is 0.464 e. The third-order valence-electron chi connectivity index (χ3n) is 4.19. The number of esters is 1. The molecule has 0 aromatic heterocycles. The molecule has 0 saturated carbocycles. The molecule has 0 spiro atoms. The van der Waals surface area contributed by atoms with Crippen LogP contribution in [0.3, 0.4) is 0 Å². The molecule has 5 nitrogen and oxygen atoms in total. The SMILES string of the molecule is CC(C)(C)[C@@H](O)CN1CCN([C@H]2CCOC2=O)CC1. The van der Waals surface area contributed by atoms with Gasteiger partial charge in [0.15, 0.2) is 0 Å². The summed E-state index contributed by atoms with van der Waals surface area (Å²) in [5.74, 6) is -0.0665. The molecule has 19 heavy (non-hydrogen) atoms. The topological polar surface area (TPSA) is 53.0 Å². The average Bonchev–Trinajstić information content (AvgIpc) is 2.75. The molecule has 0 radical (unpaired) electrons. The second-order valence-corrected chi connectivity index (χ2v) is 6.69. The molecule has 2 rings (SSSR count). The molecule has 0 bridgehead atoms. The van der Waals surface area contributed by atoms with Crippen LogP contribution in [0.25, 0.3) is 0 Å². The van der Waals surface area contributed by atoms with Crippen LogP contribution in [-0.4, -0.2) is 72.4 Å². The lowest BCUT2D eigenvalue weighted by Gasteiger charge is -2.39. The fourth-order valence-electron chi connectivity index (χ4n) is 2.59. The zero-order valence-corrected chi connectivity index (χ0v) is 12.3. The van der Waals surface area contributed by atoms with Crippen LogP contribution in [0.15, 0.2) is 0 Å². The van der Waals surface area contributed by atoms with E-state index >= 15 is 0 Å². The summed E-state index contributed by atoms with van der Waals surface area (Å²) >= 11 is 0. The zero-order chi connectivity index (χ0) is 14.0. The highest BCUT2D eigenvalue weighted by atomic mass is 16.5. The van der Waals surface area contributed by atoms with Gasteiger partial charge in [0.1, 0.15) is 6.04 Å². The number of piperazine rings is 1. The van der Waals surface area contributed by atoms with Crippen LogP contribution in [0.4, 0.5) is 0 Å². The number of aliphatic hydroxyl groups excluding tert-OH is 1. The summed E-state index contributed by atoms with van der Waals surface area (Å²) in [4.78, 5) is 16.0. The van der Waals surface area contributed by atoms with Gasteiger partial charge in [0.25, 0.3) is 0 Å². The number of hydrogen-bond acceptors (Lipinski definition) is 5. The molecule has 2 saturated heterocycles. The molecular formula is C14H26N2O3. The van der Waals surface area contributed by atoms with Gasteiger partial charge in [-0.25, -0.2) is 0 Å². The number of nitrogens with zero attached hydrogens (tertiary/aromatic N) is 2. The van der Waals surface area contributed by atoms with Crippen molar-refractivity contribution in [3.05, 3.63) is 0 Å². The molecular weight excluding hydrogens is 244 g/mol. The second-order valence-electron chi connectivity index (χ2n) is 6.69. The number of aliphatic hydroxyl groups is 1. The predicted octanol–water partition coefficient (Wildman–Crippen LogP) is 0.327. The van der Waals surface area contributed by atoms with Crippen molar-refractivity contribution >= 4 is 5.97 Å². The van der Waals surface area contributed by atoms with E-state index in [0.717, 1.165) is 32.6 Å². The van der Waals surface area contributed by atoms with Gasteiger partial charge in [-0.2, -0.15) is 0 Å². The van der Waals surface area contributed by atoms with Gasteiger partial charge < -0.3 is 9.84 Å². The minimum atomic E-state index is -0.310. The summed E-state index contributed by atoms with van der Waals surface area (Å²) in [6.45, 7) is 11.0. The quantitative estimate of drug-likeness (QED) is 0.749. The Labute approximate surface area is 115 Å². The standard InChI is InChI=1S/C14H26N2O3/c1-14(2,3)12(17)10-15-5-7-16(8-6-15)11-4-9-19-13(11)18/h11-12,17H,4-10H2,1-3H3/t11-,12-/m0/s1. The lowest BCUT2D eigenvalue weighted by atomic mass is 9.89. The number of rotatable bonds is 3. The van der Waals surface area contributed by atoms with E-state index in [9.17, 15) is 9.90 Å². The van der Waals surface area contributed by atoms with Crippen molar-refractivity contribution in [2.24, 2.45) is 5.41 Å². The van der Waals surface area contributed by atoms with Crippen LogP contribution in [0.1, 0.15) is 27.2 Å². The number of carbonyl (C=O) groups excluding carboxylic acids is 1. The van der Waals surface area contributed by atoms with E-state index in [1.165, 1.54) is 0 Å². The second kappa shape index (κ2) is 5.77. The molecule has 2 aliphatic heterocycles. The van der Waals surface area contributed by atoms with Crippen LogP contribution in [0.2, 0.25) is 0 Å². The summed E-state index contributed by atoms with van der Waals surface area (Å²) in [5.41, 5.74) is -0.0770. The van der Waals surface area contributed by atoms with Gasteiger partial charge in [-0.15, -0.1) is 0 Å². The van der Waals surface area contributed by atoms with Gasteiger partial charge >= 0.3 is 5.97 Å². The van der Waals surface area contributed by atoms with E-state index in [1.807, 2.05) is 0 Å². The molecule has 2 aliphatic rings. The van der Waals surface area contributed by atoms with Crippen molar-refractivity contribution in [3.8, 4) is 0 Å². The minimum Gasteiger partial charge on any atom is -0.464 e. The Morgan fingerprint density at radius 2 is 1.95 bits per heavy atom. The summed E-state index contributed by atoms with van der Waals surface area (Å²) in [7, 11) is 0. The summed E-state index contributed by atoms with van der Waals surface area (Å²) in [6, 6.07) is -0.0327. The molecule has 0 aromatic rings. The smallest absolute Gasteiger partial charge is 0.323 e. The molecule has 0 unspecified atom stereocenters. The van der Waals surface area contributed by atoms with Crippen molar-refractivity contribution in [2.75, 3.05) is 39.3 Å². The van der Waals surface area contributed by atoms with Gasteiger partial charge in [-0.1, -0.05) is 20.8 Å². The number of ether oxygens (including phenoxy) is 1. The molecule has 2 fully saturated rings. The van der Waals surface area contributed by atoms with Crippen LogP contribution in [0.5, 0.6) is 0 Å². The fourth-order valence-corrected chi connectivity index (χ4v) is 2.59.